The molecule has 1 fully saturated rings. The summed E-state index contributed by atoms with van der Waals surface area (Å²) >= 11 is 0. The van der Waals surface area contributed by atoms with Crippen molar-refractivity contribution in [3.05, 3.63) is 69.8 Å². The summed E-state index contributed by atoms with van der Waals surface area (Å²) in [6, 6.07) is 12.7. The SMILES string of the molecule is O=C(Nc1ccc(CN2CCOC2=O)cc1)c1ccccc1[N+](=O)[O-]. The molecule has 0 aromatic heterocycles. The van der Waals surface area contributed by atoms with E-state index < -0.39 is 10.8 Å². The highest BCUT2D eigenvalue weighted by Crippen LogP contribution is 2.20. The van der Waals surface area contributed by atoms with Gasteiger partial charge in [-0.3, -0.25) is 14.9 Å². The van der Waals surface area contributed by atoms with Crippen LogP contribution in [0.15, 0.2) is 48.5 Å². The summed E-state index contributed by atoms with van der Waals surface area (Å²) in [7, 11) is 0. The summed E-state index contributed by atoms with van der Waals surface area (Å²) in [6.45, 7) is 1.37. The minimum Gasteiger partial charge on any atom is -0.448 e. The standard InChI is InChI=1S/C17H15N3O5/c21-16(14-3-1-2-4-15(14)20(23)24)18-13-7-5-12(6-8-13)11-19-9-10-25-17(19)22/h1-8H,9-11H2,(H,18,21). The topological polar surface area (TPSA) is 102 Å². The van der Waals surface area contributed by atoms with Crippen molar-refractivity contribution in [2.45, 2.75) is 6.54 Å². The number of hydrogen-bond acceptors (Lipinski definition) is 5. The molecule has 2 aromatic rings. The number of hydrogen-bond donors (Lipinski definition) is 1. The molecule has 2 amide bonds. The van der Waals surface area contributed by atoms with Crippen LogP contribution in [0.4, 0.5) is 16.2 Å². The number of amides is 2. The molecule has 1 N–H and O–H groups in total. The maximum absolute atomic E-state index is 12.3. The van der Waals surface area contributed by atoms with Crippen LogP contribution in [0.2, 0.25) is 0 Å². The zero-order chi connectivity index (χ0) is 17.8. The molecular weight excluding hydrogens is 326 g/mol. The third-order valence-electron chi connectivity index (χ3n) is 3.78. The molecule has 25 heavy (non-hydrogen) atoms. The molecule has 0 unspecified atom stereocenters. The first-order valence-corrected chi connectivity index (χ1v) is 7.60. The minimum absolute atomic E-state index is 0.00334. The van der Waals surface area contributed by atoms with Crippen molar-refractivity contribution in [1.82, 2.24) is 4.90 Å². The Hall–Kier alpha value is -3.42. The fourth-order valence-electron chi connectivity index (χ4n) is 2.51. The van der Waals surface area contributed by atoms with E-state index in [9.17, 15) is 19.7 Å². The van der Waals surface area contributed by atoms with E-state index in [-0.39, 0.29) is 17.3 Å². The van der Waals surface area contributed by atoms with Crippen molar-refractivity contribution in [2.24, 2.45) is 0 Å². The Morgan fingerprint density at radius 1 is 1.20 bits per heavy atom. The average molecular weight is 341 g/mol. The molecule has 1 aliphatic heterocycles. The second-order valence-corrected chi connectivity index (χ2v) is 5.46. The maximum Gasteiger partial charge on any atom is 0.410 e. The van der Waals surface area contributed by atoms with Crippen LogP contribution in [-0.2, 0) is 11.3 Å². The Kier molecular flexibility index (Phi) is 4.60. The van der Waals surface area contributed by atoms with E-state index >= 15 is 0 Å². The number of para-hydroxylation sites is 1. The van der Waals surface area contributed by atoms with Crippen molar-refractivity contribution in [3.8, 4) is 0 Å². The predicted molar refractivity (Wildman–Crippen MR) is 89.2 cm³/mol. The van der Waals surface area contributed by atoms with Gasteiger partial charge in [-0.15, -0.1) is 0 Å². The molecule has 0 atom stereocenters. The van der Waals surface area contributed by atoms with Gasteiger partial charge < -0.3 is 15.0 Å². The van der Waals surface area contributed by atoms with E-state index in [1.807, 2.05) is 0 Å². The van der Waals surface area contributed by atoms with Gasteiger partial charge in [0.05, 0.1) is 11.5 Å². The Labute approximate surface area is 143 Å². The molecule has 8 nitrogen and oxygen atoms in total. The number of carbonyl (C=O) groups is 2. The van der Waals surface area contributed by atoms with E-state index in [1.54, 1.807) is 35.2 Å². The van der Waals surface area contributed by atoms with Crippen molar-refractivity contribution >= 4 is 23.4 Å². The Morgan fingerprint density at radius 3 is 2.56 bits per heavy atom. The lowest BCUT2D eigenvalue weighted by atomic mass is 10.1. The van der Waals surface area contributed by atoms with Gasteiger partial charge in [0.25, 0.3) is 11.6 Å². The van der Waals surface area contributed by atoms with Crippen LogP contribution in [0.5, 0.6) is 0 Å². The molecular formula is C17H15N3O5. The zero-order valence-electron chi connectivity index (χ0n) is 13.2. The highest BCUT2D eigenvalue weighted by molar-refractivity contribution is 6.07. The molecule has 3 rings (SSSR count). The molecule has 128 valence electrons. The second-order valence-electron chi connectivity index (χ2n) is 5.46. The Bertz CT molecular complexity index is 819. The smallest absolute Gasteiger partial charge is 0.410 e. The zero-order valence-corrected chi connectivity index (χ0v) is 13.2. The number of nitro benzene ring substituents is 1. The van der Waals surface area contributed by atoms with Crippen molar-refractivity contribution in [1.29, 1.82) is 0 Å². The van der Waals surface area contributed by atoms with Crippen LogP contribution in [0, 0.1) is 10.1 Å². The van der Waals surface area contributed by atoms with Gasteiger partial charge in [-0.05, 0) is 23.8 Å². The molecule has 0 bridgehead atoms. The van der Waals surface area contributed by atoms with Crippen LogP contribution in [0.1, 0.15) is 15.9 Å². The van der Waals surface area contributed by atoms with Gasteiger partial charge in [-0.1, -0.05) is 24.3 Å². The number of benzene rings is 2. The lowest BCUT2D eigenvalue weighted by Crippen LogP contribution is -2.23. The molecule has 0 spiro atoms. The number of anilines is 1. The number of carbonyl (C=O) groups excluding carboxylic acids is 2. The molecule has 0 radical (unpaired) electrons. The van der Waals surface area contributed by atoms with Crippen LogP contribution < -0.4 is 5.32 Å². The summed E-state index contributed by atoms with van der Waals surface area (Å²) in [5, 5.41) is 13.6. The van der Waals surface area contributed by atoms with Gasteiger partial charge >= 0.3 is 6.09 Å². The summed E-state index contributed by atoms with van der Waals surface area (Å²) in [5.41, 5.74) is 1.15. The number of nitrogens with zero attached hydrogens (tertiary/aromatic N) is 2. The maximum atomic E-state index is 12.3. The Morgan fingerprint density at radius 2 is 1.92 bits per heavy atom. The quantitative estimate of drug-likeness (QED) is 0.665. The first kappa shape index (κ1) is 16.4. The fourth-order valence-corrected chi connectivity index (χ4v) is 2.51. The highest BCUT2D eigenvalue weighted by Gasteiger charge is 2.22. The number of cyclic esters (lactones) is 1. The molecule has 2 aromatic carbocycles. The molecule has 0 aliphatic carbocycles. The van der Waals surface area contributed by atoms with Crippen LogP contribution in [-0.4, -0.2) is 35.0 Å². The fraction of sp³-hybridized carbons (Fsp3) is 0.176. The van der Waals surface area contributed by atoms with Gasteiger partial charge in [-0.25, -0.2) is 4.79 Å². The lowest BCUT2D eigenvalue weighted by molar-refractivity contribution is -0.385. The summed E-state index contributed by atoms with van der Waals surface area (Å²) in [6.07, 6.45) is -0.339. The number of rotatable bonds is 5. The van der Waals surface area contributed by atoms with Crippen LogP contribution in [0.25, 0.3) is 0 Å². The average Bonchev–Trinajstić information content (AvgIpc) is 3.01. The summed E-state index contributed by atoms with van der Waals surface area (Å²) in [4.78, 5) is 35.7. The third kappa shape index (κ3) is 3.74. The Balaban J connectivity index is 1.68. The molecule has 8 heteroatoms. The van der Waals surface area contributed by atoms with Gasteiger partial charge in [0.15, 0.2) is 0 Å². The van der Waals surface area contributed by atoms with Crippen molar-refractivity contribution < 1.29 is 19.2 Å². The van der Waals surface area contributed by atoms with E-state index in [4.69, 9.17) is 4.74 Å². The van der Waals surface area contributed by atoms with E-state index in [2.05, 4.69) is 5.32 Å². The lowest BCUT2D eigenvalue weighted by Gasteiger charge is -2.13. The second kappa shape index (κ2) is 7.00. The first-order chi connectivity index (χ1) is 12.0. The van der Waals surface area contributed by atoms with Crippen molar-refractivity contribution in [2.75, 3.05) is 18.5 Å². The monoisotopic (exact) mass is 341 g/mol. The van der Waals surface area contributed by atoms with E-state index in [0.29, 0.717) is 25.4 Å². The normalized spacial score (nSPS) is 13.4. The van der Waals surface area contributed by atoms with E-state index in [1.165, 1.54) is 18.2 Å². The highest BCUT2D eigenvalue weighted by atomic mass is 16.6. The number of nitrogens with one attached hydrogen (secondary N) is 1. The van der Waals surface area contributed by atoms with Gasteiger partial charge in [-0.2, -0.15) is 0 Å². The number of ether oxygens (including phenoxy) is 1. The van der Waals surface area contributed by atoms with Crippen molar-refractivity contribution in [3.63, 3.8) is 0 Å². The molecule has 1 aliphatic rings. The minimum atomic E-state index is -0.590. The van der Waals surface area contributed by atoms with Gasteiger partial charge in [0, 0.05) is 18.3 Å². The van der Waals surface area contributed by atoms with Gasteiger partial charge in [0.2, 0.25) is 0 Å². The third-order valence-corrected chi connectivity index (χ3v) is 3.78. The van der Waals surface area contributed by atoms with E-state index in [0.717, 1.165) is 5.56 Å². The summed E-state index contributed by atoms with van der Waals surface area (Å²) in [5.74, 6) is -0.553. The van der Waals surface area contributed by atoms with Crippen LogP contribution in [0.3, 0.4) is 0 Å². The molecule has 1 heterocycles. The molecule has 0 saturated carbocycles. The van der Waals surface area contributed by atoms with Crippen LogP contribution >= 0.6 is 0 Å². The molecule has 1 saturated heterocycles. The largest absolute Gasteiger partial charge is 0.448 e. The van der Waals surface area contributed by atoms with Gasteiger partial charge in [0.1, 0.15) is 12.2 Å². The number of nitro groups is 1. The predicted octanol–water partition coefficient (Wildman–Crippen LogP) is 2.80. The summed E-state index contributed by atoms with van der Waals surface area (Å²) < 4.78 is 4.87. The first-order valence-electron chi connectivity index (χ1n) is 7.60.